The first-order chi connectivity index (χ1) is 8.58. The number of hydrogen-bond acceptors (Lipinski definition) is 2. The maximum absolute atomic E-state index is 13.7. The largest absolute Gasteiger partial charge is 0.358 e. The van der Waals surface area contributed by atoms with Gasteiger partial charge in [-0.15, -0.1) is 0 Å². The van der Waals surface area contributed by atoms with Gasteiger partial charge in [0.15, 0.2) is 0 Å². The topological polar surface area (TPSA) is 30.3 Å². The molecule has 3 nitrogen and oxygen atoms in total. The highest BCUT2D eigenvalue weighted by Gasteiger charge is 2.18. The molecule has 1 fully saturated rings. The van der Waals surface area contributed by atoms with E-state index >= 15 is 0 Å². The number of halogens is 2. The second-order valence-electron chi connectivity index (χ2n) is 4.63. The van der Waals surface area contributed by atoms with Crippen LogP contribution in [0, 0.1) is 11.2 Å². The van der Waals surface area contributed by atoms with Crippen LogP contribution in [-0.4, -0.2) is 48.9 Å². The third-order valence-electron chi connectivity index (χ3n) is 3.27. The van der Waals surface area contributed by atoms with Gasteiger partial charge in [0.2, 0.25) is 0 Å². The SMILES string of the molecule is CN1CCN(C(=N)Cc2cccc(Cl)c2F)CC1. The molecule has 1 aliphatic rings. The lowest BCUT2D eigenvalue weighted by Crippen LogP contribution is -2.47. The Kier molecular flexibility index (Phi) is 4.19. The summed E-state index contributed by atoms with van der Waals surface area (Å²) in [7, 11) is 2.07. The molecule has 0 amide bonds. The highest BCUT2D eigenvalue weighted by Crippen LogP contribution is 2.19. The standard InChI is InChI=1S/C13H17ClFN3/c1-17-5-7-18(8-6-17)12(16)9-10-3-2-4-11(14)13(10)15/h2-4,16H,5-9H2,1H3. The average Bonchev–Trinajstić information content (AvgIpc) is 2.36. The van der Waals surface area contributed by atoms with E-state index in [1.165, 1.54) is 6.07 Å². The van der Waals surface area contributed by atoms with Crippen molar-refractivity contribution in [2.75, 3.05) is 33.2 Å². The number of likely N-dealkylation sites (N-methyl/N-ethyl adjacent to an activating group) is 1. The van der Waals surface area contributed by atoms with E-state index in [4.69, 9.17) is 17.0 Å². The molecule has 0 saturated carbocycles. The predicted octanol–water partition coefficient (Wildman–Crippen LogP) is 2.25. The van der Waals surface area contributed by atoms with E-state index in [9.17, 15) is 4.39 Å². The minimum absolute atomic E-state index is 0.124. The number of nitrogens with zero attached hydrogens (tertiary/aromatic N) is 2. The lowest BCUT2D eigenvalue weighted by Gasteiger charge is -2.34. The number of piperazine rings is 1. The Morgan fingerprint density at radius 2 is 2.00 bits per heavy atom. The highest BCUT2D eigenvalue weighted by molar-refractivity contribution is 6.30. The van der Waals surface area contributed by atoms with Crippen LogP contribution in [0.4, 0.5) is 4.39 Å². The number of benzene rings is 1. The molecule has 1 aliphatic heterocycles. The first-order valence-electron chi connectivity index (χ1n) is 6.01. The molecule has 5 heteroatoms. The van der Waals surface area contributed by atoms with Crippen molar-refractivity contribution in [3.63, 3.8) is 0 Å². The van der Waals surface area contributed by atoms with E-state index in [0.717, 1.165) is 26.2 Å². The Morgan fingerprint density at radius 1 is 1.33 bits per heavy atom. The van der Waals surface area contributed by atoms with Crippen molar-refractivity contribution < 1.29 is 4.39 Å². The van der Waals surface area contributed by atoms with Gasteiger partial charge in [0.1, 0.15) is 11.7 Å². The summed E-state index contributed by atoms with van der Waals surface area (Å²) < 4.78 is 13.7. The maximum atomic E-state index is 13.7. The van der Waals surface area contributed by atoms with E-state index in [0.29, 0.717) is 17.8 Å². The van der Waals surface area contributed by atoms with Gasteiger partial charge >= 0.3 is 0 Å². The number of nitrogens with one attached hydrogen (secondary N) is 1. The van der Waals surface area contributed by atoms with E-state index in [2.05, 4.69) is 11.9 Å². The van der Waals surface area contributed by atoms with Gasteiger partial charge in [0.05, 0.1) is 5.02 Å². The maximum Gasteiger partial charge on any atom is 0.145 e. The molecule has 2 rings (SSSR count). The van der Waals surface area contributed by atoms with E-state index < -0.39 is 5.82 Å². The minimum atomic E-state index is -0.405. The summed E-state index contributed by atoms with van der Waals surface area (Å²) in [5.74, 6) is 0.0577. The summed E-state index contributed by atoms with van der Waals surface area (Å²) in [6, 6.07) is 4.93. The molecule has 0 aromatic heterocycles. The molecular weight excluding hydrogens is 253 g/mol. The predicted molar refractivity (Wildman–Crippen MR) is 71.9 cm³/mol. The van der Waals surface area contributed by atoms with Crippen LogP contribution in [0.1, 0.15) is 5.56 Å². The van der Waals surface area contributed by atoms with Crippen molar-refractivity contribution in [2.24, 2.45) is 0 Å². The minimum Gasteiger partial charge on any atom is -0.358 e. The molecule has 1 saturated heterocycles. The van der Waals surface area contributed by atoms with Gasteiger partial charge in [-0.3, -0.25) is 5.41 Å². The van der Waals surface area contributed by atoms with Crippen molar-refractivity contribution in [2.45, 2.75) is 6.42 Å². The summed E-state index contributed by atoms with van der Waals surface area (Å²) in [4.78, 5) is 4.23. The lowest BCUT2D eigenvalue weighted by molar-refractivity contribution is 0.213. The first-order valence-corrected chi connectivity index (χ1v) is 6.39. The summed E-state index contributed by atoms with van der Waals surface area (Å²) in [5.41, 5.74) is 0.492. The summed E-state index contributed by atoms with van der Waals surface area (Å²) in [5, 5.41) is 8.18. The number of hydrogen-bond donors (Lipinski definition) is 1. The van der Waals surface area contributed by atoms with Gasteiger partial charge < -0.3 is 9.80 Å². The lowest BCUT2D eigenvalue weighted by atomic mass is 10.1. The number of rotatable bonds is 2. The summed E-state index contributed by atoms with van der Waals surface area (Å²) >= 11 is 5.74. The molecule has 0 aliphatic carbocycles. The van der Waals surface area contributed by atoms with Crippen LogP contribution >= 0.6 is 11.6 Å². The molecule has 1 aromatic carbocycles. The van der Waals surface area contributed by atoms with Crippen LogP contribution in [-0.2, 0) is 6.42 Å². The number of amidine groups is 1. The van der Waals surface area contributed by atoms with Crippen molar-refractivity contribution in [3.8, 4) is 0 Å². The van der Waals surface area contributed by atoms with Crippen molar-refractivity contribution in [1.82, 2.24) is 9.80 Å². The Bertz CT molecular complexity index is 442. The van der Waals surface area contributed by atoms with Crippen LogP contribution < -0.4 is 0 Å². The zero-order valence-corrected chi connectivity index (χ0v) is 11.2. The molecular formula is C13H17ClFN3. The Hall–Kier alpha value is -1.13. The Labute approximate surface area is 112 Å². The fourth-order valence-electron chi connectivity index (χ4n) is 2.05. The molecule has 1 heterocycles. The van der Waals surface area contributed by atoms with Gasteiger partial charge in [0.25, 0.3) is 0 Å². The normalized spacial score (nSPS) is 16.9. The second kappa shape index (κ2) is 5.67. The Morgan fingerprint density at radius 3 is 2.67 bits per heavy atom. The third kappa shape index (κ3) is 3.00. The van der Waals surface area contributed by atoms with Crippen molar-refractivity contribution >= 4 is 17.4 Å². The fourth-order valence-corrected chi connectivity index (χ4v) is 2.25. The highest BCUT2D eigenvalue weighted by atomic mass is 35.5. The monoisotopic (exact) mass is 269 g/mol. The van der Waals surface area contributed by atoms with Crippen LogP contribution in [0.3, 0.4) is 0 Å². The van der Waals surface area contributed by atoms with E-state index in [1.807, 2.05) is 4.90 Å². The molecule has 0 bridgehead atoms. The van der Waals surface area contributed by atoms with Crippen LogP contribution in [0.5, 0.6) is 0 Å². The van der Waals surface area contributed by atoms with Crippen LogP contribution in [0.2, 0.25) is 5.02 Å². The average molecular weight is 270 g/mol. The third-order valence-corrected chi connectivity index (χ3v) is 3.57. The van der Waals surface area contributed by atoms with Gasteiger partial charge in [-0.1, -0.05) is 23.7 Å². The smallest absolute Gasteiger partial charge is 0.145 e. The van der Waals surface area contributed by atoms with Gasteiger partial charge in [0, 0.05) is 32.6 Å². The fraction of sp³-hybridized carbons (Fsp3) is 0.462. The molecule has 0 atom stereocenters. The van der Waals surface area contributed by atoms with Gasteiger partial charge in [-0.05, 0) is 18.7 Å². The van der Waals surface area contributed by atoms with Gasteiger partial charge in [-0.25, -0.2) is 4.39 Å². The second-order valence-corrected chi connectivity index (χ2v) is 5.03. The summed E-state index contributed by atoms with van der Waals surface area (Å²) in [6.45, 7) is 3.55. The molecule has 0 spiro atoms. The molecule has 98 valence electrons. The summed E-state index contributed by atoms with van der Waals surface area (Å²) in [6.07, 6.45) is 0.302. The zero-order valence-electron chi connectivity index (χ0n) is 10.4. The quantitative estimate of drug-likeness (QED) is 0.659. The van der Waals surface area contributed by atoms with Gasteiger partial charge in [-0.2, -0.15) is 0 Å². The van der Waals surface area contributed by atoms with Crippen molar-refractivity contribution in [1.29, 1.82) is 5.41 Å². The molecule has 18 heavy (non-hydrogen) atoms. The molecule has 0 radical (unpaired) electrons. The Balaban J connectivity index is 2.01. The van der Waals surface area contributed by atoms with Crippen molar-refractivity contribution in [3.05, 3.63) is 34.6 Å². The first kappa shape index (κ1) is 13.3. The molecule has 1 aromatic rings. The molecule has 1 N–H and O–H groups in total. The van der Waals surface area contributed by atoms with Crippen LogP contribution in [0.15, 0.2) is 18.2 Å². The zero-order chi connectivity index (χ0) is 13.1. The van der Waals surface area contributed by atoms with Crippen LogP contribution in [0.25, 0.3) is 0 Å². The molecule has 0 unspecified atom stereocenters. The van der Waals surface area contributed by atoms with E-state index in [1.54, 1.807) is 12.1 Å². The van der Waals surface area contributed by atoms with E-state index in [-0.39, 0.29) is 5.02 Å².